The van der Waals surface area contributed by atoms with Crippen LogP contribution in [0.2, 0.25) is 0 Å². The van der Waals surface area contributed by atoms with E-state index in [1.165, 1.54) is 0 Å². The van der Waals surface area contributed by atoms with Gasteiger partial charge in [-0.1, -0.05) is 12.1 Å². The molecule has 0 aliphatic heterocycles. The lowest BCUT2D eigenvalue weighted by Gasteiger charge is -2.09. The van der Waals surface area contributed by atoms with Crippen LogP contribution in [0, 0.1) is 0 Å². The summed E-state index contributed by atoms with van der Waals surface area (Å²) >= 11 is 0. The zero-order valence-corrected chi connectivity index (χ0v) is 12.6. The maximum Gasteiger partial charge on any atom is 0.224 e. The summed E-state index contributed by atoms with van der Waals surface area (Å²) in [7, 11) is 0. The Morgan fingerprint density at radius 2 is 2.00 bits per heavy atom. The molecule has 0 saturated heterocycles. The molecule has 1 aromatic carbocycles. The number of aromatic nitrogens is 2. The molecule has 112 valence electrons. The van der Waals surface area contributed by atoms with Crippen molar-refractivity contribution in [2.75, 3.05) is 11.9 Å². The predicted octanol–water partition coefficient (Wildman–Crippen LogP) is 2.19. The van der Waals surface area contributed by atoms with Crippen LogP contribution in [0.3, 0.4) is 0 Å². The molecule has 0 radical (unpaired) electrons. The van der Waals surface area contributed by atoms with Gasteiger partial charge in [0.05, 0.1) is 25.0 Å². The van der Waals surface area contributed by atoms with Crippen molar-refractivity contribution in [3.05, 3.63) is 48.0 Å². The number of hydrogen-bond acceptors (Lipinski definition) is 3. The summed E-state index contributed by atoms with van der Waals surface area (Å²) in [6, 6.07) is 7.96. The molecule has 0 fully saturated rings. The molecule has 1 heterocycles. The number of anilines is 1. The third-order valence-electron chi connectivity index (χ3n) is 3.31. The first-order chi connectivity index (χ1) is 10.2. The number of nitrogens with one attached hydrogen (secondary N) is 2. The third-order valence-corrected chi connectivity index (χ3v) is 3.31. The van der Waals surface area contributed by atoms with Crippen molar-refractivity contribution in [3.8, 4) is 0 Å². The fourth-order valence-electron chi connectivity index (χ4n) is 2.16. The molecule has 0 saturated carbocycles. The Bertz CT molecular complexity index is 574. The molecular formula is C16H22N4O. The Hall–Kier alpha value is -2.30. The Balaban J connectivity index is 1.89. The topological polar surface area (TPSA) is 59.0 Å². The number of carbonyl (C=O) groups is 1. The standard InChI is InChI=1S/C16H22N4O/c1-3-18-16(21)9-13-5-7-14(8-6-13)19-11-15-10-17-12-20(15)4-2/h5-8,10,12,19H,3-4,9,11H2,1-2H3,(H,18,21). The largest absolute Gasteiger partial charge is 0.379 e. The number of aryl methyl sites for hydroxylation is 1. The van der Waals surface area contributed by atoms with E-state index in [1.54, 1.807) is 0 Å². The zero-order valence-electron chi connectivity index (χ0n) is 12.6. The molecule has 2 aromatic rings. The quantitative estimate of drug-likeness (QED) is 0.820. The van der Waals surface area contributed by atoms with Gasteiger partial charge in [-0.15, -0.1) is 0 Å². The highest BCUT2D eigenvalue weighted by atomic mass is 16.1. The van der Waals surface area contributed by atoms with E-state index in [0.29, 0.717) is 13.0 Å². The maximum atomic E-state index is 11.5. The van der Waals surface area contributed by atoms with Crippen LogP contribution >= 0.6 is 0 Å². The van der Waals surface area contributed by atoms with Gasteiger partial charge in [0.25, 0.3) is 0 Å². The summed E-state index contributed by atoms with van der Waals surface area (Å²) in [4.78, 5) is 15.7. The Kier molecular flexibility index (Phi) is 5.37. The highest BCUT2D eigenvalue weighted by molar-refractivity contribution is 5.78. The van der Waals surface area contributed by atoms with Gasteiger partial charge in [0, 0.05) is 25.0 Å². The van der Waals surface area contributed by atoms with Gasteiger partial charge in [-0.3, -0.25) is 4.79 Å². The number of likely N-dealkylation sites (N-methyl/N-ethyl adjacent to an activating group) is 1. The average molecular weight is 286 g/mol. The number of amides is 1. The van der Waals surface area contributed by atoms with Crippen molar-refractivity contribution in [1.82, 2.24) is 14.9 Å². The van der Waals surface area contributed by atoms with Gasteiger partial charge in [-0.2, -0.15) is 0 Å². The summed E-state index contributed by atoms with van der Waals surface area (Å²) in [5.74, 6) is 0.0602. The van der Waals surface area contributed by atoms with Gasteiger partial charge < -0.3 is 15.2 Å². The second kappa shape index (κ2) is 7.47. The summed E-state index contributed by atoms with van der Waals surface area (Å²) in [5.41, 5.74) is 3.22. The SMILES string of the molecule is CCNC(=O)Cc1ccc(NCc2cncn2CC)cc1. The van der Waals surface area contributed by atoms with E-state index in [0.717, 1.165) is 30.0 Å². The van der Waals surface area contributed by atoms with E-state index in [9.17, 15) is 4.79 Å². The van der Waals surface area contributed by atoms with Gasteiger partial charge in [0.2, 0.25) is 5.91 Å². The van der Waals surface area contributed by atoms with Crippen LogP contribution in [0.1, 0.15) is 25.1 Å². The Morgan fingerprint density at radius 1 is 1.24 bits per heavy atom. The molecular weight excluding hydrogens is 264 g/mol. The third kappa shape index (κ3) is 4.34. The normalized spacial score (nSPS) is 10.4. The minimum absolute atomic E-state index is 0.0602. The van der Waals surface area contributed by atoms with E-state index in [1.807, 2.05) is 43.7 Å². The van der Waals surface area contributed by atoms with Crippen molar-refractivity contribution in [2.24, 2.45) is 0 Å². The molecule has 2 N–H and O–H groups in total. The Labute approximate surface area is 125 Å². The number of nitrogens with zero attached hydrogens (tertiary/aromatic N) is 2. The first-order valence-corrected chi connectivity index (χ1v) is 7.31. The summed E-state index contributed by atoms with van der Waals surface area (Å²) < 4.78 is 2.11. The van der Waals surface area contributed by atoms with Crippen LogP contribution < -0.4 is 10.6 Å². The van der Waals surface area contributed by atoms with E-state index >= 15 is 0 Å². The minimum Gasteiger partial charge on any atom is -0.379 e. The molecule has 0 unspecified atom stereocenters. The summed E-state index contributed by atoms with van der Waals surface area (Å²) in [6.07, 6.45) is 4.14. The first-order valence-electron chi connectivity index (χ1n) is 7.31. The molecule has 0 aliphatic rings. The number of hydrogen-bond donors (Lipinski definition) is 2. The summed E-state index contributed by atoms with van der Waals surface area (Å²) in [5, 5.41) is 6.17. The number of benzene rings is 1. The average Bonchev–Trinajstić information content (AvgIpc) is 2.94. The lowest BCUT2D eigenvalue weighted by molar-refractivity contribution is -0.120. The van der Waals surface area contributed by atoms with Crippen molar-refractivity contribution >= 4 is 11.6 Å². The highest BCUT2D eigenvalue weighted by Gasteiger charge is 2.03. The molecule has 5 heteroatoms. The second-order valence-corrected chi connectivity index (χ2v) is 4.85. The Morgan fingerprint density at radius 3 is 2.67 bits per heavy atom. The van der Waals surface area contributed by atoms with Crippen LogP contribution in [0.4, 0.5) is 5.69 Å². The van der Waals surface area contributed by atoms with E-state index < -0.39 is 0 Å². The molecule has 1 amide bonds. The maximum absolute atomic E-state index is 11.5. The summed E-state index contributed by atoms with van der Waals surface area (Å²) in [6.45, 7) is 6.35. The van der Waals surface area contributed by atoms with Gasteiger partial charge in [0.15, 0.2) is 0 Å². The van der Waals surface area contributed by atoms with E-state index in [2.05, 4.69) is 27.1 Å². The number of imidazole rings is 1. The van der Waals surface area contributed by atoms with Crippen molar-refractivity contribution < 1.29 is 4.79 Å². The predicted molar refractivity (Wildman–Crippen MR) is 84.1 cm³/mol. The molecule has 5 nitrogen and oxygen atoms in total. The zero-order chi connectivity index (χ0) is 15.1. The van der Waals surface area contributed by atoms with Crippen LogP contribution in [0.15, 0.2) is 36.8 Å². The fraction of sp³-hybridized carbons (Fsp3) is 0.375. The molecule has 2 rings (SSSR count). The molecule has 1 aromatic heterocycles. The van der Waals surface area contributed by atoms with E-state index in [4.69, 9.17) is 0 Å². The number of rotatable bonds is 7. The van der Waals surface area contributed by atoms with Gasteiger partial charge >= 0.3 is 0 Å². The highest BCUT2D eigenvalue weighted by Crippen LogP contribution is 2.12. The second-order valence-electron chi connectivity index (χ2n) is 4.85. The molecule has 0 aliphatic carbocycles. The monoisotopic (exact) mass is 286 g/mol. The van der Waals surface area contributed by atoms with Crippen molar-refractivity contribution in [2.45, 2.75) is 33.4 Å². The number of carbonyl (C=O) groups excluding carboxylic acids is 1. The van der Waals surface area contributed by atoms with E-state index in [-0.39, 0.29) is 5.91 Å². The van der Waals surface area contributed by atoms with Crippen LogP contribution in [0.5, 0.6) is 0 Å². The van der Waals surface area contributed by atoms with Crippen LogP contribution in [0.25, 0.3) is 0 Å². The smallest absolute Gasteiger partial charge is 0.224 e. The molecule has 0 atom stereocenters. The molecule has 0 spiro atoms. The lowest BCUT2D eigenvalue weighted by atomic mass is 10.1. The van der Waals surface area contributed by atoms with Gasteiger partial charge in [-0.25, -0.2) is 4.98 Å². The van der Waals surface area contributed by atoms with Crippen molar-refractivity contribution in [1.29, 1.82) is 0 Å². The van der Waals surface area contributed by atoms with Gasteiger partial charge in [0.1, 0.15) is 0 Å². The minimum atomic E-state index is 0.0602. The fourth-order valence-corrected chi connectivity index (χ4v) is 2.16. The first kappa shape index (κ1) is 15.1. The molecule has 0 bridgehead atoms. The van der Waals surface area contributed by atoms with Gasteiger partial charge in [-0.05, 0) is 31.5 Å². The van der Waals surface area contributed by atoms with Crippen LogP contribution in [-0.4, -0.2) is 22.0 Å². The lowest BCUT2D eigenvalue weighted by Crippen LogP contribution is -2.24. The van der Waals surface area contributed by atoms with Crippen LogP contribution in [-0.2, 0) is 24.3 Å². The molecule has 21 heavy (non-hydrogen) atoms. The van der Waals surface area contributed by atoms with Crippen molar-refractivity contribution in [3.63, 3.8) is 0 Å².